The van der Waals surface area contributed by atoms with Gasteiger partial charge in [-0.25, -0.2) is 0 Å². The zero-order valence-electron chi connectivity index (χ0n) is 5.86. The quantitative estimate of drug-likeness (QED) is 0.486. The van der Waals surface area contributed by atoms with Crippen LogP contribution in [0.2, 0.25) is 17.3 Å². The van der Waals surface area contributed by atoms with E-state index in [0.29, 0.717) is 0 Å². The molecule has 0 saturated carbocycles. The summed E-state index contributed by atoms with van der Waals surface area (Å²) in [7, 11) is 1.66. The number of rotatable bonds is 2. The summed E-state index contributed by atoms with van der Waals surface area (Å²) in [6.45, 7) is 0. The first-order valence-electron chi connectivity index (χ1n) is 2.65. The van der Waals surface area contributed by atoms with Crippen molar-refractivity contribution in [3.63, 3.8) is 0 Å². The molecule has 1 atom stereocenters. The second-order valence-electron chi connectivity index (χ2n) is 2.92. The molecule has 1 unspecified atom stereocenters. The Kier molecular flexibility index (Phi) is 3.39. The molecular formula is C5H13ClGeO. The van der Waals surface area contributed by atoms with Crippen LogP contribution in [0, 0.1) is 0 Å². The molecule has 3 heteroatoms. The fourth-order valence-corrected chi connectivity index (χ4v) is 1.84. The Labute approximate surface area is 58.7 Å². The molecular weight excluding hydrogens is 184 g/mol. The summed E-state index contributed by atoms with van der Waals surface area (Å²) in [5.41, 5.74) is 0. The first-order chi connectivity index (χ1) is 3.48. The third-order valence-electron chi connectivity index (χ3n) is 0.888. The van der Waals surface area contributed by atoms with E-state index in [1.54, 1.807) is 7.11 Å². The zero-order valence-corrected chi connectivity index (χ0v) is 8.72. The van der Waals surface area contributed by atoms with Crippen LogP contribution < -0.4 is 0 Å². The average Bonchev–Trinajstić information content (AvgIpc) is 1.62. The van der Waals surface area contributed by atoms with Crippen LogP contribution in [0.1, 0.15) is 0 Å². The van der Waals surface area contributed by atoms with Gasteiger partial charge in [-0.3, -0.25) is 0 Å². The van der Waals surface area contributed by atoms with Gasteiger partial charge in [0.25, 0.3) is 0 Å². The van der Waals surface area contributed by atoms with E-state index < -0.39 is 13.3 Å². The second kappa shape index (κ2) is 3.09. The normalized spacial score (nSPS) is 16.1. The van der Waals surface area contributed by atoms with Crippen molar-refractivity contribution in [3.8, 4) is 0 Å². The molecule has 0 aromatic rings. The monoisotopic (exact) mass is 198 g/mol. The molecule has 0 N–H and O–H groups in total. The molecule has 0 aromatic heterocycles. The molecule has 0 fully saturated rings. The average molecular weight is 197 g/mol. The number of hydrogen-bond donors (Lipinski definition) is 0. The molecule has 0 heterocycles. The molecule has 0 bridgehead atoms. The van der Waals surface area contributed by atoms with Gasteiger partial charge in [0.15, 0.2) is 0 Å². The van der Waals surface area contributed by atoms with Gasteiger partial charge in [-0.2, -0.15) is 0 Å². The summed E-state index contributed by atoms with van der Waals surface area (Å²) in [4.78, 5) is 0. The van der Waals surface area contributed by atoms with Crippen LogP contribution in [0.15, 0.2) is 0 Å². The van der Waals surface area contributed by atoms with Gasteiger partial charge in [0, 0.05) is 0 Å². The number of ether oxygens (including phenoxy) is 1. The Balaban J connectivity index is 3.62. The predicted octanol–water partition coefficient (Wildman–Crippen LogP) is 2.08. The van der Waals surface area contributed by atoms with E-state index in [-0.39, 0.29) is 4.40 Å². The molecule has 0 rings (SSSR count). The van der Waals surface area contributed by atoms with Gasteiger partial charge in [-0.05, 0) is 0 Å². The Morgan fingerprint density at radius 2 is 1.75 bits per heavy atom. The van der Waals surface area contributed by atoms with Crippen molar-refractivity contribution >= 4 is 24.9 Å². The number of alkyl halides is 1. The molecule has 0 aliphatic rings. The first kappa shape index (κ1) is 8.79. The number of halogens is 1. The van der Waals surface area contributed by atoms with Gasteiger partial charge in [0.05, 0.1) is 0 Å². The Bertz CT molecular complexity index is 69.3. The summed E-state index contributed by atoms with van der Waals surface area (Å²) in [6, 6.07) is 0. The molecule has 0 aliphatic heterocycles. The van der Waals surface area contributed by atoms with Gasteiger partial charge in [-0.1, -0.05) is 0 Å². The SMILES string of the molecule is CO[CH](Cl)[Ge]([CH3])([CH3])[CH3]. The molecule has 0 aromatic carbocycles. The van der Waals surface area contributed by atoms with E-state index in [2.05, 4.69) is 17.3 Å². The maximum atomic E-state index is 5.80. The molecule has 0 amide bonds. The summed E-state index contributed by atoms with van der Waals surface area (Å²) in [5, 5.41) is 0. The fourth-order valence-electron chi connectivity index (χ4n) is 0.354. The van der Waals surface area contributed by atoms with Crippen LogP contribution in [0.5, 0.6) is 0 Å². The Morgan fingerprint density at radius 3 is 1.75 bits per heavy atom. The van der Waals surface area contributed by atoms with Gasteiger partial charge in [0.1, 0.15) is 0 Å². The van der Waals surface area contributed by atoms with Gasteiger partial charge < -0.3 is 0 Å². The standard InChI is InChI=1S/C5H13ClGeO/c1-7(2,3)5(6)8-4/h5H,1-4H3. The maximum absolute atomic E-state index is 5.80. The molecule has 0 spiro atoms. The van der Waals surface area contributed by atoms with E-state index in [4.69, 9.17) is 16.3 Å². The molecule has 0 aliphatic carbocycles. The van der Waals surface area contributed by atoms with Crippen molar-refractivity contribution in [1.29, 1.82) is 0 Å². The fraction of sp³-hybridized carbons (Fsp3) is 1.00. The van der Waals surface area contributed by atoms with E-state index in [1.165, 1.54) is 0 Å². The van der Waals surface area contributed by atoms with E-state index >= 15 is 0 Å². The van der Waals surface area contributed by atoms with Crippen molar-refractivity contribution in [2.24, 2.45) is 0 Å². The zero-order chi connectivity index (χ0) is 6.78. The second-order valence-corrected chi connectivity index (χ2v) is 15.1. The van der Waals surface area contributed by atoms with Crippen LogP contribution >= 0.6 is 11.6 Å². The van der Waals surface area contributed by atoms with Crippen LogP contribution in [0.3, 0.4) is 0 Å². The van der Waals surface area contributed by atoms with Crippen molar-refractivity contribution < 1.29 is 4.74 Å². The van der Waals surface area contributed by atoms with Crippen LogP contribution in [-0.4, -0.2) is 24.8 Å². The van der Waals surface area contributed by atoms with Crippen molar-refractivity contribution in [1.82, 2.24) is 0 Å². The summed E-state index contributed by atoms with van der Waals surface area (Å²) in [5.74, 6) is 6.67. The summed E-state index contributed by atoms with van der Waals surface area (Å²) in [6.07, 6.45) is 0. The van der Waals surface area contributed by atoms with E-state index in [9.17, 15) is 0 Å². The number of methoxy groups -OCH3 is 1. The summed E-state index contributed by atoms with van der Waals surface area (Å²) >= 11 is 4.14. The van der Waals surface area contributed by atoms with E-state index in [0.717, 1.165) is 0 Å². The third kappa shape index (κ3) is 2.95. The van der Waals surface area contributed by atoms with Crippen molar-refractivity contribution in [2.75, 3.05) is 7.11 Å². The van der Waals surface area contributed by atoms with E-state index in [1.807, 2.05) is 0 Å². The van der Waals surface area contributed by atoms with Crippen LogP contribution in [-0.2, 0) is 4.74 Å². The topological polar surface area (TPSA) is 9.23 Å². The van der Waals surface area contributed by atoms with Gasteiger partial charge >= 0.3 is 58.4 Å². The van der Waals surface area contributed by atoms with Gasteiger partial charge in [0.2, 0.25) is 0 Å². The van der Waals surface area contributed by atoms with Crippen LogP contribution in [0.4, 0.5) is 0 Å². The van der Waals surface area contributed by atoms with Crippen LogP contribution in [0.25, 0.3) is 0 Å². The Hall–Kier alpha value is 0.793. The third-order valence-corrected chi connectivity index (χ3v) is 7.82. The minimum atomic E-state index is -1.66. The molecule has 1 nitrogen and oxygen atoms in total. The molecule has 8 heavy (non-hydrogen) atoms. The van der Waals surface area contributed by atoms with Crippen molar-refractivity contribution in [2.45, 2.75) is 21.7 Å². The first-order valence-corrected chi connectivity index (χ1v) is 10.6. The number of hydrogen-bond acceptors (Lipinski definition) is 1. The molecule has 50 valence electrons. The predicted molar refractivity (Wildman–Crippen MR) is 40.0 cm³/mol. The van der Waals surface area contributed by atoms with Crippen molar-refractivity contribution in [3.05, 3.63) is 0 Å². The molecule has 0 radical (unpaired) electrons. The Morgan fingerprint density at radius 1 is 1.38 bits per heavy atom. The van der Waals surface area contributed by atoms with Gasteiger partial charge in [-0.15, -0.1) is 0 Å². The minimum absolute atomic E-state index is 0.00926. The molecule has 0 saturated heterocycles. The summed E-state index contributed by atoms with van der Waals surface area (Å²) < 4.78 is 4.97.